The molecule has 0 unspecified atom stereocenters. The third-order valence-electron chi connectivity index (χ3n) is 2.34. The second-order valence-corrected chi connectivity index (χ2v) is 5.10. The highest BCUT2D eigenvalue weighted by atomic mass is 35.5. The molecule has 3 rings (SSSR count). The fraction of sp³-hybridized carbons (Fsp3) is 0.0909. The highest BCUT2D eigenvalue weighted by Crippen LogP contribution is 2.30. The second-order valence-electron chi connectivity index (χ2n) is 3.38. The van der Waals surface area contributed by atoms with Crippen LogP contribution >= 0.6 is 22.9 Å². The van der Waals surface area contributed by atoms with Crippen LogP contribution in [-0.2, 0) is 0 Å². The molecule has 0 atom stereocenters. The number of hydrogen-bond acceptors (Lipinski definition) is 4. The van der Waals surface area contributed by atoms with Gasteiger partial charge >= 0.3 is 0 Å². The predicted octanol–water partition coefficient (Wildman–Crippen LogP) is 3.12. The first-order valence-electron chi connectivity index (χ1n) is 4.93. The molecule has 6 heteroatoms. The van der Waals surface area contributed by atoms with Crippen LogP contribution in [0.2, 0.25) is 4.34 Å². The number of pyridine rings is 1. The van der Waals surface area contributed by atoms with E-state index < -0.39 is 0 Å². The lowest BCUT2D eigenvalue weighted by Gasteiger charge is -1.98. The first kappa shape index (κ1) is 10.6. The lowest BCUT2D eigenvalue weighted by atomic mass is 10.4. The van der Waals surface area contributed by atoms with Crippen LogP contribution in [0.5, 0.6) is 5.75 Å². The summed E-state index contributed by atoms with van der Waals surface area (Å²) in [4.78, 5) is 5.39. The van der Waals surface area contributed by atoms with Crippen LogP contribution in [0, 0.1) is 0 Å². The van der Waals surface area contributed by atoms with Gasteiger partial charge in [0, 0.05) is 6.20 Å². The molecule has 0 aliphatic rings. The molecular formula is C11H8ClN3OS. The topological polar surface area (TPSA) is 39.4 Å². The smallest absolute Gasteiger partial charge is 0.198 e. The van der Waals surface area contributed by atoms with Crippen LogP contribution in [0.4, 0.5) is 0 Å². The molecule has 17 heavy (non-hydrogen) atoms. The lowest BCUT2D eigenvalue weighted by molar-refractivity contribution is 0.416. The Kier molecular flexibility index (Phi) is 2.49. The van der Waals surface area contributed by atoms with Gasteiger partial charge in [0.2, 0.25) is 0 Å². The minimum atomic E-state index is 0.659. The number of thiophene rings is 1. The molecule has 0 aliphatic carbocycles. The van der Waals surface area contributed by atoms with E-state index in [-0.39, 0.29) is 0 Å². The minimum absolute atomic E-state index is 0.659. The van der Waals surface area contributed by atoms with Gasteiger partial charge < -0.3 is 4.74 Å². The number of ether oxygens (including phenoxy) is 1. The van der Waals surface area contributed by atoms with Gasteiger partial charge in [0.25, 0.3) is 0 Å². The van der Waals surface area contributed by atoms with Gasteiger partial charge in [-0.15, -0.1) is 16.4 Å². The molecule has 0 saturated heterocycles. The average molecular weight is 266 g/mol. The number of methoxy groups -OCH3 is 1. The number of nitrogens with zero attached hydrogens (tertiary/aromatic N) is 3. The fourth-order valence-corrected chi connectivity index (χ4v) is 2.55. The number of halogens is 1. The minimum Gasteiger partial charge on any atom is -0.493 e. The lowest BCUT2D eigenvalue weighted by Crippen LogP contribution is -1.90. The zero-order valence-electron chi connectivity index (χ0n) is 8.92. The molecular weight excluding hydrogens is 258 g/mol. The van der Waals surface area contributed by atoms with Gasteiger partial charge in [0.05, 0.1) is 16.3 Å². The van der Waals surface area contributed by atoms with Crippen LogP contribution < -0.4 is 4.74 Å². The van der Waals surface area contributed by atoms with E-state index in [0.717, 1.165) is 9.21 Å². The molecule has 0 spiro atoms. The van der Waals surface area contributed by atoms with Crippen molar-refractivity contribution in [1.82, 2.24) is 14.6 Å². The van der Waals surface area contributed by atoms with Crippen molar-refractivity contribution in [1.29, 1.82) is 0 Å². The van der Waals surface area contributed by atoms with Crippen molar-refractivity contribution < 1.29 is 4.74 Å². The van der Waals surface area contributed by atoms with Gasteiger partial charge in [-0.05, 0) is 24.3 Å². The number of rotatable bonds is 2. The van der Waals surface area contributed by atoms with Gasteiger partial charge in [-0.25, -0.2) is 9.50 Å². The van der Waals surface area contributed by atoms with Crippen molar-refractivity contribution in [3.63, 3.8) is 0 Å². The Morgan fingerprint density at radius 2 is 2.24 bits per heavy atom. The maximum atomic E-state index is 5.90. The first-order valence-corrected chi connectivity index (χ1v) is 6.12. The molecule has 4 nitrogen and oxygen atoms in total. The number of hydrogen-bond donors (Lipinski definition) is 0. The summed E-state index contributed by atoms with van der Waals surface area (Å²) in [6.45, 7) is 0. The SMILES string of the molecule is COc1cccn2nc(-c3ccc(Cl)s3)nc12. The molecule has 0 saturated carbocycles. The summed E-state index contributed by atoms with van der Waals surface area (Å²) in [5.41, 5.74) is 0.703. The van der Waals surface area contributed by atoms with Crippen molar-refractivity contribution in [2.24, 2.45) is 0 Å². The molecule has 3 aromatic rings. The summed E-state index contributed by atoms with van der Waals surface area (Å²) < 4.78 is 7.66. The van der Waals surface area contributed by atoms with Crippen molar-refractivity contribution in [3.05, 3.63) is 34.8 Å². The molecule has 0 aromatic carbocycles. The summed E-state index contributed by atoms with van der Waals surface area (Å²) in [5.74, 6) is 1.36. The molecule has 3 aromatic heterocycles. The average Bonchev–Trinajstić information content (AvgIpc) is 2.93. The van der Waals surface area contributed by atoms with E-state index in [4.69, 9.17) is 16.3 Å². The van der Waals surface area contributed by atoms with E-state index in [0.29, 0.717) is 17.2 Å². The predicted molar refractivity (Wildman–Crippen MR) is 67.9 cm³/mol. The summed E-state index contributed by atoms with van der Waals surface area (Å²) in [6, 6.07) is 7.47. The Balaban J connectivity index is 2.19. The molecule has 86 valence electrons. The molecule has 0 fully saturated rings. The Morgan fingerprint density at radius 3 is 2.94 bits per heavy atom. The molecule has 0 amide bonds. The molecule has 3 heterocycles. The van der Waals surface area contributed by atoms with Crippen molar-refractivity contribution in [2.45, 2.75) is 0 Å². The third-order valence-corrected chi connectivity index (χ3v) is 3.57. The summed E-state index contributed by atoms with van der Waals surface area (Å²) in [7, 11) is 1.62. The normalized spacial score (nSPS) is 10.9. The summed E-state index contributed by atoms with van der Waals surface area (Å²) in [6.07, 6.45) is 1.84. The summed E-state index contributed by atoms with van der Waals surface area (Å²) >= 11 is 7.35. The zero-order chi connectivity index (χ0) is 11.8. The molecule has 0 bridgehead atoms. The van der Waals surface area contributed by atoms with Gasteiger partial charge in [-0.1, -0.05) is 11.6 Å². The van der Waals surface area contributed by atoms with E-state index in [9.17, 15) is 0 Å². The quantitative estimate of drug-likeness (QED) is 0.715. The second kappa shape index (κ2) is 4.01. The van der Waals surface area contributed by atoms with Gasteiger partial charge in [-0.2, -0.15) is 0 Å². The van der Waals surface area contributed by atoms with Gasteiger partial charge in [-0.3, -0.25) is 0 Å². The van der Waals surface area contributed by atoms with Crippen LogP contribution in [-0.4, -0.2) is 21.7 Å². The first-order chi connectivity index (χ1) is 8.28. The van der Waals surface area contributed by atoms with Crippen LogP contribution in [0.25, 0.3) is 16.3 Å². The zero-order valence-corrected chi connectivity index (χ0v) is 10.5. The Hall–Kier alpha value is -1.59. The maximum Gasteiger partial charge on any atom is 0.198 e. The molecule has 0 radical (unpaired) electrons. The van der Waals surface area contributed by atoms with E-state index in [1.54, 1.807) is 11.6 Å². The van der Waals surface area contributed by atoms with Crippen LogP contribution in [0.3, 0.4) is 0 Å². The van der Waals surface area contributed by atoms with Crippen molar-refractivity contribution in [2.75, 3.05) is 7.11 Å². The number of fused-ring (bicyclic) bond motifs is 1. The van der Waals surface area contributed by atoms with Gasteiger partial charge in [0.1, 0.15) is 0 Å². The number of aromatic nitrogens is 3. The van der Waals surface area contributed by atoms with Crippen molar-refractivity contribution in [3.8, 4) is 16.5 Å². The van der Waals surface area contributed by atoms with E-state index in [2.05, 4.69) is 10.1 Å². The monoisotopic (exact) mass is 265 g/mol. The van der Waals surface area contributed by atoms with Crippen LogP contribution in [0.15, 0.2) is 30.5 Å². The largest absolute Gasteiger partial charge is 0.493 e. The third kappa shape index (κ3) is 1.77. The van der Waals surface area contributed by atoms with Crippen molar-refractivity contribution >= 4 is 28.6 Å². The van der Waals surface area contributed by atoms with E-state index in [1.165, 1.54) is 11.3 Å². The van der Waals surface area contributed by atoms with Gasteiger partial charge in [0.15, 0.2) is 17.2 Å². The molecule has 0 N–H and O–H groups in total. The Labute approximate surface area is 106 Å². The van der Waals surface area contributed by atoms with Crippen LogP contribution in [0.1, 0.15) is 0 Å². The fourth-order valence-electron chi connectivity index (χ4n) is 1.58. The summed E-state index contributed by atoms with van der Waals surface area (Å²) in [5, 5.41) is 4.38. The van der Waals surface area contributed by atoms with E-state index in [1.807, 2.05) is 30.5 Å². The standard InChI is InChI=1S/C11H8ClN3OS/c1-16-7-3-2-6-15-11(7)13-10(14-15)8-4-5-9(12)17-8/h2-6H,1H3. The highest BCUT2D eigenvalue weighted by Gasteiger charge is 2.11. The highest BCUT2D eigenvalue weighted by molar-refractivity contribution is 7.19. The maximum absolute atomic E-state index is 5.90. The van der Waals surface area contributed by atoms with E-state index >= 15 is 0 Å². The Morgan fingerprint density at radius 1 is 1.35 bits per heavy atom. The Bertz CT molecular complexity index is 676. The molecule has 0 aliphatic heterocycles.